The van der Waals surface area contributed by atoms with E-state index in [1.54, 1.807) is 30.3 Å². The van der Waals surface area contributed by atoms with Crippen LogP contribution in [0.15, 0.2) is 47.4 Å². The monoisotopic (exact) mass is 454 g/mol. The lowest BCUT2D eigenvalue weighted by atomic mass is 10.1. The Bertz CT molecular complexity index is 987. The Morgan fingerprint density at radius 3 is 2.61 bits per heavy atom. The third-order valence-electron chi connectivity index (χ3n) is 4.56. The van der Waals surface area contributed by atoms with Gasteiger partial charge in [0.1, 0.15) is 30.7 Å². The van der Waals surface area contributed by atoms with Crippen LogP contribution in [0.2, 0.25) is 0 Å². The SMILES string of the molecule is Nc1ccn([C@@H]2O[C@H](CO[P+](=O)O[C@H](Cc3ccccc3)C(=O)O)[C@@H](O)[C@H]2O)c(=O)n1. The number of carbonyl (C=O) groups is 1. The molecule has 1 aromatic heterocycles. The van der Waals surface area contributed by atoms with Crippen molar-refractivity contribution < 1.29 is 38.5 Å². The predicted octanol–water partition coefficient (Wildman–Crippen LogP) is -0.169. The van der Waals surface area contributed by atoms with Crippen LogP contribution in [0.4, 0.5) is 5.82 Å². The van der Waals surface area contributed by atoms with Gasteiger partial charge in [-0.05, 0) is 11.6 Å². The molecule has 2 heterocycles. The maximum Gasteiger partial charge on any atom is 0.698 e. The molecule has 2 aromatic rings. The van der Waals surface area contributed by atoms with Gasteiger partial charge in [0.25, 0.3) is 0 Å². The van der Waals surface area contributed by atoms with Crippen molar-refractivity contribution in [1.29, 1.82) is 0 Å². The lowest BCUT2D eigenvalue weighted by Crippen LogP contribution is -2.36. The number of ether oxygens (including phenoxy) is 1. The van der Waals surface area contributed by atoms with Gasteiger partial charge in [-0.25, -0.2) is 9.59 Å². The molecule has 166 valence electrons. The van der Waals surface area contributed by atoms with E-state index in [2.05, 4.69) is 4.98 Å². The number of anilines is 1. The second kappa shape index (κ2) is 10.1. The van der Waals surface area contributed by atoms with Gasteiger partial charge in [0.05, 0.1) is 0 Å². The topological polar surface area (TPSA) is 183 Å². The van der Waals surface area contributed by atoms with E-state index in [1.807, 2.05) is 0 Å². The molecule has 1 aliphatic heterocycles. The Morgan fingerprint density at radius 1 is 1.26 bits per heavy atom. The summed E-state index contributed by atoms with van der Waals surface area (Å²) in [6.07, 6.45) is -5.61. The number of hydrogen-bond donors (Lipinski definition) is 4. The van der Waals surface area contributed by atoms with Gasteiger partial charge >= 0.3 is 19.9 Å². The number of aliphatic hydroxyl groups is 2. The maximum atomic E-state index is 12.1. The molecule has 3 rings (SSSR count). The van der Waals surface area contributed by atoms with E-state index >= 15 is 0 Å². The van der Waals surface area contributed by atoms with Crippen molar-refractivity contribution in [1.82, 2.24) is 9.55 Å². The van der Waals surface area contributed by atoms with Crippen LogP contribution in [0.3, 0.4) is 0 Å². The molecule has 13 heteroatoms. The van der Waals surface area contributed by atoms with Crippen LogP contribution in [-0.2, 0) is 29.6 Å². The van der Waals surface area contributed by atoms with Crippen LogP contribution in [0, 0.1) is 0 Å². The van der Waals surface area contributed by atoms with E-state index in [4.69, 9.17) is 19.5 Å². The summed E-state index contributed by atoms with van der Waals surface area (Å²) < 4.78 is 28.5. The molecule has 0 spiro atoms. The van der Waals surface area contributed by atoms with Crippen molar-refractivity contribution in [2.24, 2.45) is 0 Å². The Morgan fingerprint density at radius 2 is 1.97 bits per heavy atom. The molecule has 0 amide bonds. The molecule has 31 heavy (non-hydrogen) atoms. The molecular formula is C18H21N3O9P+. The lowest BCUT2D eigenvalue weighted by molar-refractivity contribution is -0.145. The number of hydrogen-bond acceptors (Lipinski definition) is 10. The largest absolute Gasteiger partial charge is 0.698 e. The van der Waals surface area contributed by atoms with Crippen LogP contribution in [0.1, 0.15) is 11.8 Å². The summed E-state index contributed by atoms with van der Waals surface area (Å²) in [6.45, 7) is -0.487. The fourth-order valence-electron chi connectivity index (χ4n) is 2.98. The number of aliphatic carboxylic acids is 1. The second-order valence-corrected chi connectivity index (χ2v) is 7.65. The number of carboxylic acid groups (broad SMARTS) is 1. The number of benzene rings is 1. The number of nitrogens with zero attached hydrogens (tertiary/aromatic N) is 2. The van der Waals surface area contributed by atoms with Crippen molar-refractivity contribution in [2.45, 2.75) is 37.1 Å². The molecule has 1 aromatic carbocycles. The van der Waals surface area contributed by atoms with E-state index in [0.29, 0.717) is 5.56 Å². The summed E-state index contributed by atoms with van der Waals surface area (Å²) in [7, 11) is -2.88. The summed E-state index contributed by atoms with van der Waals surface area (Å²) >= 11 is 0. The number of nitrogen functional groups attached to an aromatic ring is 1. The average molecular weight is 454 g/mol. The number of aliphatic hydroxyl groups excluding tert-OH is 2. The van der Waals surface area contributed by atoms with Crippen molar-refractivity contribution in [3.63, 3.8) is 0 Å². The van der Waals surface area contributed by atoms with Gasteiger partial charge < -0.3 is 25.8 Å². The standard InChI is InChI=1S/C18H20N3O9P/c19-13-6-7-21(18(26)20-13)16-15(23)14(22)12(29-16)9-28-31(27)30-11(17(24)25)8-10-4-2-1-3-5-10/h1-7,11-12,14-16,22-23H,8-9H2,(H2-,19,20,24,25,26)/p+1/t11-,12-,14-,15-,16-/m1/s1. The molecule has 6 atom stereocenters. The van der Waals surface area contributed by atoms with Crippen LogP contribution in [0.5, 0.6) is 0 Å². The van der Waals surface area contributed by atoms with E-state index in [1.165, 1.54) is 12.3 Å². The van der Waals surface area contributed by atoms with Crippen LogP contribution in [0.25, 0.3) is 0 Å². The first-order chi connectivity index (χ1) is 14.8. The molecule has 1 unspecified atom stereocenters. The fraction of sp³-hybridized carbons (Fsp3) is 0.389. The van der Waals surface area contributed by atoms with Crippen LogP contribution in [-0.4, -0.2) is 61.9 Å². The second-order valence-electron chi connectivity index (χ2n) is 6.73. The average Bonchev–Trinajstić information content (AvgIpc) is 3.01. The number of nitrogens with two attached hydrogens (primary N) is 1. The minimum absolute atomic E-state index is 0.0215. The first-order valence-corrected chi connectivity index (χ1v) is 10.3. The first kappa shape index (κ1) is 22.9. The number of carboxylic acids is 1. The Labute approximate surface area is 176 Å². The van der Waals surface area contributed by atoms with Gasteiger partial charge in [-0.1, -0.05) is 30.3 Å². The molecule has 5 N–H and O–H groups in total. The number of aromatic nitrogens is 2. The van der Waals surface area contributed by atoms with E-state index in [-0.39, 0.29) is 12.2 Å². The molecule has 0 bridgehead atoms. The molecule has 1 fully saturated rings. The molecule has 0 radical (unpaired) electrons. The normalized spacial score (nSPS) is 24.6. The minimum Gasteiger partial charge on any atom is -0.479 e. The zero-order valence-corrected chi connectivity index (χ0v) is 16.9. The zero-order valence-electron chi connectivity index (χ0n) is 16.1. The van der Waals surface area contributed by atoms with Crippen molar-refractivity contribution in [2.75, 3.05) is 12.3 Å². The quantitative estimate of drug-likeness (QED) is 0.369. The Kier molecular flexibility index (Phi) is 7.44. The Hall–Kier alpha value is -2.73. The number of rotatable bonds is 9. The molecule has 12 nitrogen and oxygen atoms in total. The van der Waals surface area contributed by atoms with Crippen LogP contribution < -0.4 is 11.4 Å². The summed E-state index contributed by atoms with van der Waals surface area (Å²) in [5.41, 5.74) is 5.29. The van der Waals surface area contributed by atoms with Crippen molar-refractivity contribution in [3.8, 4) is 0 Å². The van der Waals surface area contributed by atoms with Gasteiger partial charge in [0.2, 0.25) is 6.10 Å². The van der Waals surface area contributed by atoms with Gasteiger partial charge in [-0.3, -0.25) is 4.57 Å². The zero-order chi connectivity index (χ0) is 22.5. The van der Waals surface area contributed by atoms with Crippen molar-refractivity contribution in [3.05, 3.63) is 58.6 Å². The highest BCUT2D eigenvalue weighted by molar-refractivity contribution is 7.33. The first-order valence-electron chi connectivity index (χ1n) is 9.16. The van der Waals surface area contributed by atoms with Crippen molar-refractivity contribution >= 4 is 20.0 Å². The van der Waals surface area contributed by atoms with Gasteiger partial charge in [0.15, 0.2) is 6.23 Å². The maximum absolute atomic E-state index is 12.1. The lowest BCUT2D eigenvalue weighted by Gasteiger charge is -2.16. The van der Waals surface area contributed by atoms with E-state index < -0.39 is 57.2 Å². The van der Waals surface area contributed by atoms with E-state index in [0.717, 1.165) is 4.57 Å². The smallest absolute Gasteiger partial charge is 0.479 e. The highest BCUT2D eigenvalue weighted by Gasteiger charge is 2.46. The molecule has 1 saturated heterocycles. The third-order valence-corrected chi connectivity index (χ3v) is 5.35. The molecule has 0 saturated carbocycles. The molecule has 0 aliphatic carbocycles. The molecular weight excluding hydrogens is 433 g/mol. The summed E-state index contributed by atoms with van der Waals surface area (Å²) in [6, 6.07) is 9.95. The van der Waals surface area contributed by atoms with Gasteiger partial charge in [-0.15, -0.1) is 9.05 Å². The highest BCUT2D eigenvalue weighted by Crippen LogP contribution is 2.33. The summed E-state index contributed by atoms with van der Waals surface area (Å²) in [5, 5.41) is 29.7. The van der Waals surface area contributed by atoms with Gasteiger partial charge in [0, 0.05) is 17.2 Å². The third kappa shape index (κ3) is 5.70. The predicted molar refractivity (Wildman–Crippen MR) is 105 cm³/mol. The highest BCUT2D eigenvalue weighted by atomic mass is 31.1. The summed E-state index contributed by atoms with van der Waals surface area (Å²) in [5.74, 6) is -1.34. The van der Waals surface area contributed by atoms with Crippen LogP contribution >= 0.6 is 8.25 Å². The van der Waals surface area contributed by atoms with Gasteiger partial charge in [-0.2, -0.15) is 4.98 Å². The van der Waals surface area contributed by atoms with E-state index in [9.17, 15) is 29.5 Å². The fourth-order valence-corrected chi connectivity index (χ4v) is 3.68. The summed E-state index contributed by atoms with van der Waals surface area (Å²) in [4.78, 5) is 26.8. The molecule has 1 aliphatic rings. The minimum atomic E-state index is -2.88. The Balaban J connectivity index is 1.57.